The topological polar surface area (TPSA) is 26.0 Å². The van der Waals surface area contributed by atoms with Gasteiger partial charge < -0.3 is 5.73 Å². The van der Waals surface area contributed by atoms with Crippen LogP contribution < -0.4 is 5.73 Å². The van der Waals surface area contributed by atoms with Gasteiger partial charge in [-0.15, -0.1) is 0 Å². The lowest BCUT2D eigenvalue weighted by Gasteiger charge is -2.29. The molecule has 1 rings (SSSR count). The Kier molecular flexibility index (Phi) is 3.57. The van der Waals surface area contributed by atoms with E-state index in [1.807, 2.05) is 25.1 Å². The van der Waals surface area contributed by atoms with Gasteiger partial charge in [0.05, 0.1) is 0 Å². The minimum absolute atomic E-state index is 0.116. The molecule has 1 unspecified atom stereocenters. The minimum atomic E-state index is 0.116. The van der Waals surface area contributed by atoms with Gasteiger partial charge in [-0.1, -0.05) is 37.6 Å². The fourth-order valence-corrected chi connectivity index (χ4v) is 1.55. The highest BCUT2D eigenvalue weighted by atomic mass is 35.5. The number of hydrogen-bond acceptors (Lipinski definition) is 1. The number of hydrogen-bond donors (Lipinski definition) is 1. The van der Waals surface area contributed by atoms with Crippen LogP contribution in [0, 0.1) is 5.41 Å². The highest BCUT2D eigenvalue weighted by molar-refractivity contribution is 6.30. The molecule has 2 N–H and O–H groups in total. The van der Waals surface area contributed by atoms with Crippen molar-refractivity contribution in [1.82, 2.24) is 0 Å². The van der Waals surface area contributed by atoms with Crippen molar-refractivity contribution >= 4 is 11.6 Å². The molecule has 1 aromatic carbocycles. The third-order valence-electron chi connectivity index (χ3n) is 2.78. The van der Waals surface area contributed by atoms with Gasteiger partial charge in [0.1, 0.15) is 0 Å². The number of rotatable bonds is 3. The summed E-state index contributed by atoms with van der Waals surface area (Å²) in [5.41, 5.74) is 7.29. The number of halogens is 1. The number of benzene rings is 1. The second-order valence-corrected chi connectivity index (χ2v) is 5.02. The van der Waals surface area contributed by atoms with Crippen LogP contribution in [0.3, 0.4) is 0 Å². The van der Waals surface area contributed by atoms with E-state index >= 15 is 0 Å². The lowest BCUT2D eigenvalue weighted by atomic mass is 9.80. The molecule has 1 atom stereocenters. The molecule has 0 radical (unpaired) electrons. The maximum Gasteiger partial charge on any atom is 0.0408 e. The van der Waals surface area contributed by atoms with Gasteiger partial charge in [-0.25, -0.2) is 0 Å². The quantitative estimate of drug-likeness (QED) is 0.816. The molecular formula is C12H18ClN. The summed E-state index contributed by atoms with van der Waals surface area (Å²) in [5.74, 6) is 0. The zero-order valence-corrected chi connectivity index (χ0v) is 9.81. The summed E-state index contributed by atoms with van der Waals surface area (Å²) in [4.78, 5) is 0. The van der Waals surface area contributed by atoms with E-state index < -0.39 is 0 Å². The largest absolute Gasteiger partial charge is 0.327 e. The van der Waals surface area contributed by atoms with E-state index in [0.717, 1.165) is 11.4 Å². The van der Waals surface area contributed by atoms with Gasteiger partial charge in [0.25, 0.3) is 0 Å². The molecule has 0 saturated carbocycles. The summed E-state index contributed by atoms with van der Waals surface area (Å²) in [5, 5.41) is 0.794. The fraction of sp³-hybridized carbons (Fsp3) is 0.500. The summed E-state index contributed by atoms with van der Waals surface area (Å²) in [6, 6.07) is 8.15. The first-order valence-electron chi connectivity index (χ1n) is 4.92. The molecule has 0 heterocycles. The van der Waals surface area contributed by atoms with E-state index in [1.54, 1.807) is 0 Å². The van der Waals surface area contributed by atoms with Gasteiger partial charge in [0.15, 0.2) is 0 Å². The molecule has 2 heteroatoms. The molecule has 0 spiro atoms. The first kappa shape index (κ1) is 11.5. The molecule has 0 amide bonds. The van der Waals surface area contributed by atoms with Crippen molar-refractivity contribution in [2.24, 2.45) is 11.1 Å². The Bertz CT molecular complexity index is 305. The Hall–Kier alpha value is -0.530. The second-order valence-electron chi connectivity index (χ2n) is 4.58. The third kappa shape index (κ3) is 3.00. The van der Waals surface area contributed by atoms with Crippen molar-refractivity contribution in [3.05, 3.63) is 34.9 Å². The van der Waals surface area contributed by atoms with Gasteiger partial charge in [-0.2, -0.15) is 0 Å². The zero-order valence-electron chi connectivity index (χ0n) is 9.05. The molecule has 0 aliphatic heterocycles. The normalized spacial score (nSPS) is 14.1. The van der Waals surface area contributed by atoms with Crippen molar-refractivity contribution in [3.63, 3.8) is 0 Å². The second kappa shape index (κ2) is 4.33. The highest BCUT2D eigenvalue weighted by Gasteiger charge is 2.22. The molecule has 0 saturated heterocycles. The van der Waals surface area contributed by atoms with E-state index in [1.165, 1.54) is 5.56 Å². The standard InChI is InChI=1S/C12H18ClN/c1-9(14)12(2,3)8-10-5-4-6-11(13)7-10/h4-7,9H,8,14H2,1-3H3. The molecule has 1 nitrogen and oxygen atoms in total. The lowest BCUT2D eigenvalue weighted by Crippen LogP contribution is -2.36. The first-order chi connectivity index (χ1) is 6.42. The van der Waals surface area contributed by atoms with E-state index in [9.17, 15) is 0 Å². The Morgan fingerprint density at radius 1 is 1.43 bits per heavy atom. The average molecular weight is 212 g/mol. The van der Waals surface area contributed by atoms with Crippen LogP contribution in [-0.2, 0) is 6.42 Å². The lowest BCUT2D eigenvalue weighted by molar-refractivity contribution is 0.299. The zero-order chi connectivity index (χ0) is 10.8. The molecule has 78 valence electrons. The van der Waals surface area contributed by atoms with Gasteiger partial charge in [-0.05, 0) is 36.5 Å². The van der Waals surface area contributed by atoms with Crippen LogP contribution in [0.5, 0.6) is 0 Å². The van der Waals surface area contributed by atoms with Crippen molar-refractivity contribution in [2.45, 2.75) is 33.2 Å². The van der Waals surface area contributed by atoms with Crippen LogP contribution in [0.15, 0.2) is 24.3 Å². The number of nitrogens with two attached hydrogens (primary N) is 1. The summed E-state index contributed by atoms with van der Waals surface area (Å²) < 4.78 is 0. The van der Waals surface area contributed by atoms with Crippen molar-refractivity contribution in [1.29, 1.82) is 0 Å². The third-order valence-corrected chi connectivity index (χ3v) is 3.02. The molecule has 0 aromatic heterocycles. The van der Waals surface area contributed by atoms with E-state index in [2.05, 4.69) is 19.9 Å². The molecule has 1 aromatic rings. The van der Waals surface area contributed by atoms with Crippen molar-refractivity contribution in [2.75, 3.05) is 0 Å². The fourth-order valence-electron chi connectivity index (χ4n) is 1.33. The Labute approximate surface area is 91.3 Å². The molecule has 0 bridgehead atoms. The van der Waals surface area contributed by atoms with Gasteiger partial charge in [-0.3, -0.25) is 0 Å². The van der Waals surface area contributed by atoms with E-state index in [0.29, 0.717) is 0 Å². The van der Waals surface area contributed by atoms with Crippen LogP contribution in [0.2, 0.25) is 5.02 Å². The Balaban J connectivity index is 2.78. The van der Waals surface area contributed by atoms with Crippen LogP contribution in [-0.4, -0.2) is 6.04 Å². The Morgan fingerprint density at radius 2 is 2.07 bits per heavy atom. The van der Waals surface area contributed by atoms with Gasteiger partial charge in [0.2, 0.25) is 0 Å². The maximum absolute atomic E-state index is 5.92. The molecule has 14 heavy (non-hydrogen) atoms. The predicted molar refractivity (Wildman–Crippen MR) is 62.6 cm³/mol. The van der Waals surface area contributed by atoms with Crippen LogP contribution >= 0.6 is 11.6 Å². The molecular weight excluding hydrogens is 194 g/mol. The molecule has 0 fully saturated rings. The van der Waals surface area contributed by atoms with Crippen LogP contribution in [0.1, 0.15) is 26.3 Å². The monoisotopic (exact) mass is 211 g/mol. The smallest absolute Gasteiger partial charge is 0.0408 e. The van der Waals surface area contributed by atoms with Gasteiger partial charge in [0, 0.05) is 11.1 Å². The molecule has 0 aliphatic rings. The van der Waals surface area contributed by atoms with Crippen LogP contribution in [0.4, 0.5) is 0 Å². The maximum atomic E-state index is 5.92. The first-order valence-corrected chi connectivity index (χ1v) is 5.29. The van der Waals surface area contributed by atoms with E-state index in [-0.39, 0.29) is 11.5 Å². The summed E-state index contributed by atoms with van der Waals surface area (Å²) >= 11 is 5.92. The van der Waals surface area contributed by atoms with Crippen LogP contribution in [0.25, 0.3) is 0 Å². The molecule has 0 aliphatic carbocycles. The van der Waals surface area contributed by atoms with Crippen molar-refractivity contribution in [3.8, 4) is 0 Å². The summed E-state index contributed by atoms with van der Waals surface area (Å²) in [6.07, 6.45) is 0.964. The summed E-state index contributed by atoms with van der Waals surface area (Å²) in [7, 11) is 0. The van der Waals surface area contributed by atoms with Crippen molar-refractivity contribution < 1.29 is 0 Å². The predicted octanol–water partition coefficient (Wildman–Crippen LogP) is 3.26. The minimum Gasteiger partial charge on any atom is -0.327 e. The highest BCUT2D eigenvalue weighted by Crippen LogP contribution is 2.25. The van der Waals surface area contributed by atoms with Gasteiger partial charge >= 0.3 is 0 Å². The SMILES string of the molecule is CC(N)C(C)(C)Cc1cccc(Cl)c1. The average Bonchev–Trinajstić information content (AvgIpc) is 2.02. The summed E-state index contributed by atoms with van der Waals surface area (Å²) in [6.45, 7) is 6.40. The van der Waals surface area contributed by atoms with E-state index in [4.69, 9.17) is 17.3 Å². The Morgan fingerprint density at radius 3 is 2.57 bits per heavy atom.